The topological polar surface area (TPSA) is 41.3 Å². The number of nitrogens with zero attached hydrogens (tertiary/aromatic N) is 2. The van der Waals surface area contributed by atoms with Gasteiger partial charge in [-0.1, -0.05) is 0 Å². The lowest BCUT2D eigenvalue weighted by molar-refractivity contribution is 0.547. The fourth-order valence-electron chi connectivity index (χ4n) is 0.869. The lowest BCUT2D eigenvalue weighted by Crippen LogP contribution is -2.16. The van der Waals surface area contributed by atoms with E-state index >= 15 is 0 Å². The molecule has 1 aromatic heterocycles. The number of rotatable bonds is 4. The second-order valence-corrected chi connectivity index (χ2v) is 2.67. The molecule has 4 heteroatoms. The normalized spacial score (nSPS) is 10.2. The number of aromatic nitrogens is 1. The highest BCUT2D eigenvalue weighted by atomic mass is 16.4. The van der Waals surface area contributed by atoms with Crippen LogP contribution in [-0.2, 0) is 6.54 Å². The first-order valence-electron chi connectivity index (χ1n) is 4.08. The third kappa shape index (κ3) is 1.98. The molecule has 0 saturated carbocycles. The molecule has 0 aromatic carbocycles. The SMILES string of the molecule is CCN(C)c1nc(CNC)co1. The molecule has 1 N–H and O–H groups in total. The quantitative estimate of drug-likeness (QED) is 0.725. The van der Waals surface area contributed by atoms with Crippen molar-refractivity contribution in [3.8, 4) is 0 Å². The summed E-state index contributed by atoms with van der Waals surface area (Å²) in [5.74, 6) is 0. The molecule has 0 aliphatic rings. The maximum Gasteiger partial charge on any atom is 0.297 e. The van der Waals surface area contributed by atoms with Crippen LogP contribution in [0.3, 0.4) is 0 Å². The van der Waals surface area contributed by atoms with Crippen molar-refractivity contribution in [2.75, 3.05) is 25.5 Å². The molecule has 0 amide bonds. The fourth-order valence-corrected chi connectivity index (χ4v) is 0.869. The molecule has 0 aliphatic carbocycles. The minimum atomic E-state index is 0.683. The van der Waals surface area contributed by atoms with Gasteiger partial charge in [0, 0.05) is 20.1 Å². The van der Waals surface area contributed by atoms with Gasteiger partial charge in [-0.3, -0.25) is 0 Å². The van der Waals surface area contributed by atoms with E-state index < -0.39 is 0 Å². The molecule has 1 heterocycles. The Morgan fingerprint density at radius 1 is 1.67 bits per heavy atom. The molecular weight excluding hydrogens is 154 g/mol. The van der Waals surface area contributed by atoms with E-state index in [-0.39, 0.29) is 0 Å². The third-order valence-corrected chi connectivity index (χ3v) is 1.70. The van der Waals surface area contributed by atoms with Gasteiger partial charge >= 0.3 is 0 Å². The van der Waals surface area contributed by atoms with Crippen LogP contribution in [0.2, 0.25) is 0 Å². The lowest BCUT2D eigenvalue weighted by Gasteiger charge is -2.09. The van der Waals surface area contributed by atoms with Gasteiger partial charge in [-0.15, -0.1) is 0 Å². The lowest BCUT2D eigenvalue weighted by atomic mass is 10.5. The van der Waals surface area contributed by atoms with E-state index in [0.29, 0.717) is 6.01 Å². The first-order chi connectivity index (χ1) is 5.77. The Bertz CT molecular complexity index is 234. The maximum atomic E-state index is 5.24. The highest BCUT2D eigenvalue weighted by Crippen LogP contribution is 2.10. The van der Waals surface area contributed by atoms with Crippen molar-refractivity contribution in [3.05, 3.63) is 12.0 Å². The van der Waals surface area contributed by atoms with E-state index in [4.69, 9.17) is 4.42 Å². The number of oxazole rings is 1. The largest absolute Gasteiger partial charge is 0.432 e. The van der Waals surface area contributed by atoms with Crippen molar-refractivity contribution in [2.24, 2.45) is 0 Å². The summed E-state index contributed by atoms with van der Waals surface area (Å²) in [5.41, 5.74) is 0.938. The monoisotopic (exact) mass is 169 g/mol. The predicted molar refractivity (Wildman–Crippen MR) is 48.2 cm³/mol. The Balaban J connectivity index is 2.63. The van der Waals surface area contributed by atoms with Crippen LogP contribution in [0.4, 0.5) is 6.01 Å². The first kappa shape index (κ1) is 9.06. The third-order valence-electron chi connectivity index (χ3n) is 1.70. The van der Waals surface area contributed by atoms with E-state index in [0.717, 1.165) is 18.8 Å². The molecule has 1 aromatic rings. The van der Waals surface area contributed by atoms with Gasteiger partial charge in [0.2, 0.25) is 0 Å². The molecule has 0 atom stereocenters. The zero-order chi connectivity index (χ0) is 8.97. The molecule has 1 rings (SSSR count). The Morgan fingerprint density at radius 3 is 3.00 bits per heavy atom. The van der Waals surface area contributed by atoms with Crippen LogP contribution in [0.25, 0.3) is 0 Å². The van der Waals surface area contributed by atoms with Crippen LogP contribution in [0.1, 0.15) is 12.6 Å². The summed E-state index contributed by atoms with van der Waals surface area (Å²) in [6, 6.07) is 0.683. The van der Waals surface area contributed by atoms with Crippen LogP contribution in [0.5, 0.6) is 0 Å². The van der Waals surface area contributed by atoms with Crippen LogP contribution in [-0.4, -0.2) is 25.6 Å². The van der Waals surface area contributed by atoms with Gasteiger partial charge in [-0.2, -0.15) is 4.98 Å². The molecule has 68 valence electrons. The van der Waals surface area contributed by atoms with Crippen LogP contribution in [0, 0.1) is 0 Å². The average molecular weight is 169 g/mol. The maximum absolute atomic E-state index is 5.24. The van der Waals surface area contributed by atoms with E-state index in [2.05, 4.69) is 17.2 Å². The smallest absolute Gasteiger partial charge is 0.297 e. The van der Waals surface area contributed by atoms with Gasteiger partial charge in [0.05, 0.1) is 5.69 Å². The zero-order valence-electron chi connectivity index (χ0n) is 7.79. The predicted octanol–water partition coefficient (Wildman–Crippen LogP) is 0.850. The van der Waals surface area contributed by atoms with Gasteiger partial charge in [0.1, 0.15) is 6.26 Å². The van der Waals surface area contributed by atoms with Crippen molar-refractivity contribution < 1.29 is 4.42 Å². The molecule has 0 spiro atoms. The molecule has 0 unspecified atom stereocenters. The van der Waals surface area contributed by atoms with Crippen molar-refractivity contribution >= 4 is 6.01 Å². The van der Waals surface area contributed by atoms with Crippen LogP contribution >= 0.6 is 0 Å². The molecule has 0 fully saturated rings. The van der Waals surface area contributed by atoms with Crippen molar-refractivity contribution in [1.29, 1.82) is 0 Å². The van der Waals surface area contributed by atoms with Gasteiger partial charge in [-0.25, -0.2) is 0 Å². The van der Waals surface area contributed by atoms with Crippen LogP contribution in [0.15, 0.2) is 10.7 Å². The molecular formula is C8H15N3O. The summed E-state index contributed by atoms with van der Waals surface area (Å²) in [5, 5.41) is 3.01. The van der Waals surface area contributed by atoms with Crippen molar-refractivity contribution in [1.82, 2.24) is 10.3 Å². The summed E-state index contributed by atoms with van der Waals surface area (Å²) in [7, 11) is 3.84. The molecule has 0 radical (unpaired) electrons. The summed E-state index contributed by atoms with van der Waals surface area (Å²) < 4.78 is 5.24. The Kier molecular flexibility index (Phi) is 3.10. The molecule has 0 saturated heterocycles. The summed E-state index contributed by atoms with van der Waals surface area (Å²) in [6.07, 6.45) is 1.68. The summed E-state index contributed by atoms with van der Waals surface area (Å²) in [4.78, 5) is 6.22. The fraction of sp³-hybridized carbons (Fsp3) is 0.625. The standard InChI is InChI=1S/C8H15N3O/c1-4-11(3)8-10-7(5-9-2)6-12-8/h6,9H,4-5H2,1-3H3. The summed E-state index contributed by atoms with van der Waals surface area (Å²) in [6.45, 7) is 3.71. The van der Waals surface area contributed by atoms with Crippen molar-refractivity contribution in [2.45, 2.75) is 13.5 Å². The number of anilines is 1. The Labute approximate surface area is 72.6 Å². The molecule has 0 bridgehead atoms. The molecule has 0 aliphatic heterocycles. The van der Waals surface area contributed by atoms with E-state index in [1.807, 2.05) is 19.0 Å². The Hall–Kier alpha value is -1.03. The molecule has 4 nitrogen and oxygen atoms in total. The minimum Gasteiger partial charge on any atom is -0.432 e. The highest BCUT2D eigenvalue weighted by molar-refractivity contribution is 5.24. The average Bonchev–Trinajstić information content (AvgIpc) is 2.52. The number of hydrogen-bond donors (Lipinski definition) is 1. The van der Waals surface area contributed by atoms with E-state index in [9.17, 15) is 0 Å². The number of nitrogens with one attached hydrogen (secondary N) is 1. The highest BCUT2D eigenvalue weighted by Gasteiger charge is 2.05. The zero-order valence-corrected chi connectivity index (χ0v) is 7.79. The van der Waals surface area contributed by atoms with E-state index in [1.54, 1.807) is 6.26 Å². The van der Waals surface area contributed by atoms with Gasteiger partial charge in [-0.05, 0) is 14.0 Å². The van der Waals surface area contributed by atoms with Gasteiger partial charge in [0.15, 0.2) is 0 Å². The second kappa shape index (κ2) is 4.11. The second-order valence-electron chi connectivity index (χ2n) is 2.67. The van der Waals surface area contributed by atoms with Crippen molar-refractivity contribution in [3.63, 3.8) is 0 Å². The Morgan fingerprint density at radius 2 is 2.42 bits per heavy atom. The van der Waals surface area contributed by atoms with Crippen LogP contribution < -0.4 is 10.2 Å². The first-order valence-corrected chi connectivity index (χ1v) is 4.08. The number of hydrogen-bond acceptors (Lipinski definition) is 4. The summed E-state index contributed by atoms with van der Waals surface area (Å²) >= 11 is 0. The van der Waals surface area contributed by atoms with Gasteiger partial charge in [0.25, 0.3) is 6.01 Å². The minimum absolute atomic E-state index is 0.683. The van der Waals surface area contributed by atoms with Gasteiger partial charge < -0.3 is 14.6 Å². The van der Waals surface area contributed by atoms with E-state index in [1.165, 1.54) is 0 Å². The molecule has 12 heavy (non-hydrogen) atoms.